The molecule has 1 aliphatic rings. The predicted molar refractivity (Wildman–Crippen MR) is 125 cm³/mol. The molecule has 12 nitrogen and oxygen atoms in total. The van der Waals surface area contributed by atoms with Crippen molar-refractivity contribution in [3.05, 3.63) is 39.1 Å². The molecule has 2 N–H and O–H groups in total. The van der Waals surface area contributed by atoms with Crippen LogP contribution < -0.4 is 5.32 Å². The molecule has 2 amide bonds. The second-order valence-electron chi connectivity index (χ2n) is 6.55. The normalized spacial score (nSPS) is 15.3. The zero-order valence-corrected chi connectivity index (χ0v) is 20.1. The van der Waals surface area contributed by atoms with Gasteiger partial charge < -0.3 is 14.8 Å². The summed E-state index contributed by atoms with van der Waals surface area (Å²) in [6.45, 7) is 0.0445. The molecule has 0 spiro atoms. The number of carbonyl (C=O) groups excluding carboxylic acids is 2. The van der Waals surface area contributed by atoms with Crippen LogP contribution in [0.5, 0.6) is 0 Å². The van der Waals surface area contributed by atoms with Gasteiger partial charge in [0.15, 0.2) is 6.29 Å². The highest BCUT2D eigenvalue weighted by molar-refractivity contribution is 8.26. The third-order valence-corrected chi connectivity index (χ3v) is 6.65. The number of hydrogen-bond donors (Lipinski definition) is 2. The lowest BCUT2D eigenvalue weighted by Gasteiger charge is -2.15. The van der Waals surface area contributed by atoms with Gasteiger partial charge in [0, 0.05) is 37.8 Å². The van der Waals surface area contributed by atoms with Crippen LogP contribution in [0.25, 0.3) is 16.5 Å². The van der Waals surface area contributed by atoms with Crippen molar-refractivity contribution in [2.24, 2.45) is 5.11 Å². The van der Waals surface area contributed by atoms with Gasteiger partial charge in [-0.15, -0.1) is 0 Å². The van der Waals surface area contributed by atoms with E-state index in [1.54, 1.807) is 0 Å². The van der Waals surface area contributed by atoms with Gasteiger partial charge in [0.25, 0.3) is 16.0 Å². The van der Waals surface area contributed by atoms with E-state index in [9.17, 15) is 22.6 Å². The molecule has 1 heterocycles. The molecular weight excluding hydrogens is 494 g/mol. The molecule has 1 aromatic rings. The fourth-order valence-corrected chi connectivity index (χ4v) is 4.73. The van der Waals surface area contributed by atoms with Crippen LogP contribution >= 0.6 is 24.0 Å². The van der Waals surface area contributed by atoms with Gasteiger partial charge in [0.1, 0.15) is 15.8 Å². The van der Waals surface area contributed by atoms with E-state index in [0.717, 1.165) is 22.7 Å². The molecular formula is C18H21N5O7S3. The average Bonchev–Trinajstić information content (AvgIpc) is 3.01. The first-order chi connectivity index (χ1) is 15.6. The Labute approximate surface area is 199 Å². The number of azide groups is 1. The highest BCUT2D eigenvalue weighted by atomic mass is 32.2. The van der Waals surface area contributed by atoms with Crippen molar-refractivity contribution in [3.8, 4) is 0 Å². The fourth-order valence-electron chi connectivity index (χ4n) is 2.79. The molecule has 1 aromatic carbocycles. The van der Waals surface area contributed by atoms with Crippen molar-refractivity contribution < 1.29 is 32.0 Å². The Balaban J connectivity index is 2.11. The van der Waals surface area contributed by atoms with Gasteiger partial charge in [-0.2, -0.15) is 8.42 Å². The van der Waals surface area contributed by atoms with Gasteiger partial charge in [0.2, 0.25) is 5.91 Å². The summed E-state index contributed by atoms with van der Waals surface area (Å²) < 4.78 is 43.2. The zero-order valence-electron chi connectivity index (χ0n) is 17.6. The zero-order chi connectivity index (χ0) is 24.6. The molecule has 33 heavy (non-hydrogen) atoms. The highest BCUT2D eigenvalue weighted by Gasteiger charge is 2.33. The van der Waals surface area contributed by atoms with Crippen molar-refractivity contribution in [2.45, 2.75) is 24.0 Å². The molecule has 0 aromatic heterocycles. The second kappa shape index (κ2) is 12.1. The summed E-state index contributed by atoms with van der Waals surface area (Å²) in [7, 11) is -1.65. The van der Waals surface area contributed by atoms with Crippen molar-refractivity contribution in [2.75, 3.05) is 27.3 Å². The number of hydrogen-bond acceptors (Lipinski definition) is 9. The van der Waals surface area contributed by atoms with Gasteiger partial charge in [-0.3, -0.25) is 19.0 Å². The topological polar surface area (TPSA) is 171 Å². The summed E-state index contributed by atoms with van der Waals surface area (Å²) in [4.78, 5) is 28.1. The summed E-state index contributed by atoms with van der Waals surface area (Å²) in [5.74, 6) is -1.00. The number of amides is 2. The van der Waals surface area contributed by atoms with Crippen LogP contribution in [0.4, 0.5) is 5.69 Å². The lowest BCUT2D eigenvalue weighted by molar-refractivity contribution is -0.128. The molecule has 15 heteroatoms. The second-order valence-corrected chi connectivity index (χ2v) is 9.61. The minimum Gasteiger partial charge on any atom is -0.356 e. The maximum atomic E-state index is 12.7. The number of carbonyl (C=O) groups is 2. The third kappa shape index (κ3) is 7.50. The van der Waals surface area contributed by atoms with Crippen LogP contribution in [-0.4, -0.2) is 67.6 Å². The Kier molecular flexibility index (Phi) is 9.79. The maximum absolute atomic E-state index is 12.7. The average molecular weight is 516 g/mol. The minimum absolute atomic E-state index is 0.00909. The molecule has 0 bridgehead atoms. The molecule has 178 valence electrons. The van der Waals surface area contributed by atoms with E-state index < -0.39 is 26.8 Å². The Hall–Kier alpha value is -2.52. The summed E-state index contributed by atoms with van der Waals surface area (Å²) in [5, 5.41) is 5.98. The minimum atomic E-state index is -4.68. The number of ether oxygens (including phenoxy) is 2. The van der Waals surface area contributed by atoms with E-state index in [1.165, 1.54) is 32.4 Å². The van der Waals surface area contributed by atoms with Crippen molar-refractivity contribution in [1.29, 1.82) is 0 Å². The largest absolute Gasteiger partial charge is 0.356 e. The van der Waals surface area contributed by atoms with Crippen LogP contribution in [0, 0.1) is 0 Å². The number of benzene rings is 1. The smallest absolute Gasteiger partial charge is 0.295 e. The standard InChI is InChI=1S/C18H21N5O7S3/c1-29-16(30-2)4-3-7-20-15(24)10-23-17(25)13(32-18(23)31)8-11-5-6-12(21-22-19)9-14(11)33(26,27)28/h5-6,8-9,16H,3-4,7,10H2,1-2H3,(H,20,24)(H,26,27,28)/b13-8+. The van der Waals surface area contributed by atoms with Crippen LogP contribution in [0.3, 0.4) is 0 Å². The molecule has 2 rings (SSSR count). The summed E-state index contributed by atoms with van der Waals surface area (Å²) >= 11 is 6.07. The molecule has 0 radical (unpaired) electrons. The Morgan fingerprint density at radius 2 is 2.12 bits per heavy atom. The number of rotatable bonds is 11. The first kappa shape index (κ1) is 26.7. The molecule has 1 aliphatic heterocycles. The number of nitrogens with zero attached hydrogens (tertiary/aromatic N) is 4. The van der Waals surface area contributed by atoms with Crippen LogP contribution in [0.15, 0.2) is 33.1 Å². The summed E-state index contributed by atoms with van der Waals surface area (Å²) in [6, 6.07) is 3.58. The van der Waals surface area contributed by atoms with E-state index >= 15 is 0 Å². The van der Waals surface area contributed by atoms with Crippen molar-refractivity contribution in [3.63, 3.8) is 0 Å². The Bertz CT molecular complexity index is 1110. The molecule has 0 saturated carbocycles. The van der Waals surface area contributed by atoms with Crippen LogP contribution in [-0.2, 0) is 29.2 Å². The molecule has 0 atom stereocenters. The van der Waals surface area contributed by atoms with Crippen LogP contribution in [0.2, 0.25) is 0 Å². The molecule has 0 unspecified atom stereocenters. The molecule has 0 aliphatic carbocycles. The lowest BCUT2D eigenvalue weighted by Crippen LogP contribution is -2.39. The summed E-state index contributed by atoms with van der Waals surface area (Å²) in [6.07, 6.45) is 2.04. The predicted octanol–water partition coefficient (Wildman–Crippen LogP) is 2.59. The van der Waals surface area contributed by atoms with Crippen molar-refractivity contribution >= 4 is 62.0 Å². The van der Waals surface area contributed by atoms with E-state index in [1.807, 2.05) is 0 Å². The first-order valence-electron chi connectivity index (χ1n) is 9.35. The number of thioether (sulfide) groups is 1. The van der Waals surface area contributed by atoms with Crippen LogP contribution in [0.1, 0.15) is 18.4 Å². The Morgan fingerprint density at radius 3 is 2.73 bits per heavy atom. The van der Waals surface area contributed by atoms with Gasteiger partial charge in [-0.05, 0) is 29.7 Å². The fraction of sp³-hybridized carbons (Fsp3) is 0.389. The Morgan fingerprint density at radius 1 is 1.42 bits per heavy atom. The summed E-state index contributed by atoms with van der Waals surface area (Å²) in [5.41, 5.74) is 8.47. The lowest BCUT2D eigenvalue weighted by atomic mass is 10.2. The number of thiocarbonyl (C=S) groups is 1. The maximum Gasteiger partial charge on any atom is 0.295 e. The van der Waals surface area contributed by atoms with Crippen molar-refractivity contribution in [1.82, 2.24) is 10.2 Å². The van der Waals surface area contributed by atoms with E-state index in [0.29, 0.717) is 19.4 Å². The van der Waals surface area contributed by atoms with E-state index in [4.69, 9.17) is 27.2 Å². The highest BCUT2D eigenvalue weighted by Crippen LogP contribution is 2.34. The van der Waals surface area contributed by atoms with E-state index in [2.05, 4.69) is 15.3 Å². The number of nitrogens with one attached hydrogen (secondary N) is 1. The first-order valence-corrected chi connectivity index (χ1v) is 12.0. The number of methoxy groups -OCH3 is 2. The van der Waals surface area contributed by atoms with Gasteiger partial charge in [0.05, 0.1) is 4.91 Å². The van der Waals surface area contributed by atoms with E-state index in [-0.39, 0.29) is 33.3 Å². The monoisotopic (exact) mass is 515 g/mol. The SMILES string of the molecule is COC(CCCNC(=O)CN1C(=O)/C(=C\c2ccc(N=[N+]=[N-])cc2S(=O)(=O)O)SC1=S)OC. The molecule has 1 saturated heterocycles. The third-order valence-electron chi connectivity index (χ3n) is 4.36. The molecule has 1 fully saturated rings. The van der Waals surface area contributed by atoms with Gasteiger partial charge >= 0.3 is 0 Å². The van der Waals surface area contributed by atoms with Gasteiger partial charge in [-0.1, -0.05) is 41.2 Å². The van der Waals surface area contributed by atoms with Gasteiger partial charge in [-0.25, -0.2) is 0 Å². The quantitative estimate of drug-likeness (QED) is 0.0657.